The maximum absolute atomic E-state index is 3.96. The molecule has 1 rings (SSSR count). The van der Waals surface area contributed by atoms with Crippen molar-refractivity contribution in [2.24, 2.45) is 7.05 Å². The highest BCUT2D eigenvalue weighted by atomic mass is 32.2. The highest BCUT2D eigenvalue weighted by Gasteiger charge is 1.99. The van der Waals surface area contributed by atoms with Crippen molar-refractivity contribution in [2.45, 2.75) is 11.8 Å². The molecule has 3 heteroatoms. The largest absolute Gasteiger partial charge is 0.271 e. The Morgan fingerprint density at radius 2 is 2.33 bits per heavy atom. The quantitative estimate of drug-likeness (QED) is 0.548. The second-order valence-corrected chi connectivity index (χ2v) is 2.67. The molecule has 1 aromatic heterocycles. The van der Waals surface area contributed by atoms with Gasteiger partial charge in [-0.15, -0.1) is 11.8 Å². The molecule has 0 unspecified atom stereocenters. The fourth-order valence-corrected chi connectivity index (χ4v) is 1.18. The summed E-state index contributed by atoms with van der Waals surface area (Å²) >= 11 is 1.68. The van der Waals surface area contributed by atoms with E-state index in [1.54, 1.807) is 11.8 Å². The predicted octanol–water partition coefficient (Wildman–Crippen LogP) is 1.25. The van der Waals surface area contributed by atoms with Crippen LogP contribution in [0.1, 0.15) is 5.69 Å². The topological polar surface area (TPSA) is 17.8 Å². The second-order valence-electron chi connectivity index (χ2n) is 1.85. The molecule has 0 saturated carbocycles. The number of hydrogen-bond donors (Lipinski definition) is 0. The molecule has 0 atom stereocenters. The Hall–Kier alpha value is -0.440. The van der Waals surface area contributed by atoms with E-state index in [9.17, 15) is 0 Å². The molecule has 0 spiro atoms. The van der Waals surface area contributed by atoms with E-state index in [2.05, 4.69) is 11.3 Å². The van der Waals surface area contributed by atoms with Crippen LogP contribution in [0.15, 0.2) is 4.90 Å². The number of hydrogen-bond acceptors (Lipinski definition) is 2. The first kappa shape index (κ1) is 6.68. The van der Waals surface area contributed by atoms with Crippen molar-refractivity contribution in [3.63, 3.8) is 0 Å². The minimum absolute atomic E-state index is 1.14. The first-order valence-electron chi connectivity index (χ1n) is 2.71. The van der Waals surface area contributed by atoms with Crippen LogP contribution >= 0.6 is 11.8 Å². The summed E-state index contributed by atoms with van der Waals surface area (Å²) in [5, 5.41) is 3.96. The minimum Gasteiger partial charge on any atom is -0.271 e. The maximum Gasteiger partial charge on any atom is 0.128 e. The molecule has 1 radical (unpaired) electrons. The van der Waals surface area contributed by atoms with Crippen LogP contribution < -0.4 is 0 Å². The van der Waals surface area contributed by atoms with Crippen LogP contribution in [0.3, 0.4) is 0 Å². The number of aromatic nitrogens is 2. The van der Waals surface area contributed by atoms with Gasteiger partial charge in [-0.1, -0.05) is 0 Å². The van der Waals surface area contributed by atoms with Gasteiger partial charge in [-0.2, -0.15) is 5.10 Å². The van der Waals surface area contributed by atoms with Gasteiger partial charge in [0.2, 0.25) is 0 Å². The maximum atomic E-state index is 3.96. The monoisotopic (exact) mass is 141 g/mol. The Morgan fingerprint density at radius 3 is 2.56 bits per heavy atom. The van der Waals surface area contributed by atoms with E-state index in [0.717, 1.165) is 4.90 Å². The molecule has 0 saturated heterocycles. The van der Waals surface area contributed by atoms with Crippen LogP contribution in [0.25, 0.3) is 0 Å². The highest BCUT2D eigenvalue weighted by Crippen LogP contribution is 2.16. The lowest BCUT2D eigenvalue weighted by molar-refractivity contribution is 0.735. The lowest BCUT2D eigenvalue weighted by atomic mass is 10.5. The molecule has 49 valence electrons. The zero-order chi connectivity index (χ0) is 6.85. The Morgan fingerprint density at radius 1 is 1.67 bits per heavy atom. The third kappa shape index (κ3) is 1.10. The molecule has 1 aromatic rings. The van der Waals surface area contributed by atoms with Gasteiger partial charge in [-0.3, -0.25) is 4.68 Å². The van der Waals surface area contributed by atoms with Crippen molar-refractivity contribution in [2.75, 3.05) is 6.26 Å². The van der Waals surface area contributed by atoms with Crippen LogP contribution in [0, 0.1) is 13.1 Å². The summed E-state index contributed by atoms with van der Waals surface area (Å²) < 4.78 is 1.83. The van der Waals surface area contributed by atoms with Crippen molar-refractivity contribution in [1.29, 1.82) is 0 Å². The van der Waals surface area contributed by atoms with Gasteiger partial charge in [0.15, 0.2) is 0 Å². The fourth-order valence-electron chi connectivity index (χ4n) is 0.617. The highest BCUT2D eigenvalue weighted by molar-refractivity contribution is 7.98. The fraction of sp³-hybridized carbons (Fsp3) is 0.500. The van der Waals surface area contributed by atoms with E-state index < -0.39 is 0 Å². The van der Waals surface area contributed by atoms with Crippen LogP contribution in [0.5, 0.6) is 0 Å². The number of nitrogens with zero attached hydrogens (tertiary/aromatic N) is 2. The summed E-state index contributed by atoms with van der Waals surface area (Å²) in [5.74, 6) is 0. The van der Waals surface area contributed by atoms with E-state index in [-0.39, 0.29) is 0 Å². The third-order valence-electron chi connectivity index (χ3n) is 1.32. The summed E-state index contributed by atoms with van der Waals surface area (Å²) in [6.45, 7) is 2.04. The summed E-state index contributed by atoms with van der Waals surface area (Å²) in [6, 6.07) is 0. The van der Waals surface area contributed by atoms with Gasteiger partial charge in [0.05, 0.1) is 4.90 Å². The lowest BCUT2D eigenvalue weighted by Gasteiger charge is -1.93. The first-order valence-corrected chi connectivity index (χ1v) is 3.93. The molecule has 2 nitrogen and oxygen atoms in total. The standard InChI is InChI=1S/C6H9N2S/c1-5-6(9-3)4-7-8(5)2/h1-3H3. The molecule has 0 N–H and O–H groups in total. The summed E-state index contributed by atoms with van der Waals surface area (Å²) in [4.78, 5) is 1.14. The minimum atomic E-state index is 1.14. The van der Waals surface area contributed by atoms with E-state index in [0.29, 0.717) is 0 Å². The second kappa shape index (κ2) is 2.43. The van der Waals surface area contributed by atoms with Crippen molar-refractivity contribution in [3.05, 3.63) is 11.9 Å². The van der Waals surface area contributed by atoms with Crippen molar-refractivity contribution < 1.29 is 0 Å². The molecule has 0 bridgehead atoms. The average Bonchev–Trinajstić information content (AvgIpc) is 2.15. The zero-order valence-electron chi connectivity index (χ0n) is 5.80. The molecule has 0 aliphatic carbocycles. The van der Waals surface area contributed by atoms with Crippen molar-refractivity contribution in [3.8, 4) is 0 Å². The number of rotatable bonds is 1. The Balaban J connectivity index is 3.04. The predicted molar refractivity (Wildman–Crippen MR) is 38.6 cm³/mol. The van der Waals surface area contributed by atoms with Gasteiger partial charge in [0, 0.05) is 12.7 Å². The summed E-state index contributed by atoms with van der Waals surface area (Å²) in [7, 11) is 1.92. The normalized spacial score (nSPS) is 10.1. The average molecular weight is 141 g/mol. The van der Waals surface area contributed by atoms with E-state index in [4.69, 9.17) is 0 Å². The van der Waals surface area contributed by atoms with Gasteiger partial charge in [-0.25, -0.2) is 0 Å². The molecular weight excluding hydrogens is 132 g/mol. The molecule has 0 fully saturated rings. The Labute approximate surface area is 59.3 Å². The van der Waals surface area contributed by atoms with Crippen LogP contribution in [0.2, 0.25) is 0 Å². The molecule has 0 aliphatic rings. The van der Waals surface area contributed by atoms with Gasteiger partial charge in [0.1, 0.15) is 6.20 Å². The third-order valence-corrected chi connectivity index (χ3v) is 2.11. The molecular formula is C6H9N2S. The van der Waals surface area contributed by atoms with Crippen LogP contribution in [-0.2, 0) is 7.05 Å². The van der Waals surface area contributed by atoms with Gasteiger partial charge >= 0.3 is 0 Å². The first-order chi connectivity index (χ1) is 4.25. The molecule has 9 heavy (non-hydrogen) atoms. The molecule has 0 aromatic carbocycles. The SMILES string of the molecule is CSc1[c]nn(C)c1C. The molecule has 0 aliphatic heterocycles. The van der Waals surface area contributed by atoms with Crippen molar-refractivity contribution >= 4 is 11.8 Å². The zero-order valence-corrected chi connectivity index (χ0v) is 6.62. The van der Waals surface area contributed by atoms with Crippen LogP contribution in [0.4, 0.5) is 0 Å². The van der Waals surface area contributed by atoms with E-state index in [1.807, 2.05) is 24.9 Å². The smallest absolute Gasteiger partial charge is 0.128 e. The van der Waals surface area contributed by atoms with Crippen LogP contribution in [-0.4, -0.2) is 16.0 Å². The summed E-state index contributed by atoms with van der Waals surface area (Å²) in [6.07, 6.45) is 4.93. The van der Waals surface area contributed by atoms with Gasteiger partial charge < -0.3 is 0 Å². The van der Waals surface area contributed by atoms with Gasteiger partial charge in [-0.05, 0) is 13.2 Å². The Bertz CT molecular complexity index is 205. The summed E-state index contributed by atoms with van der Waals surface area (Å²) in [5.41, 5.74) is 1.18. The van der Waals surface area contributed by atoms with E-state index in [1.165, 1.54) is 5.69 Å². The molecule has 1 heterocycles. The number of thioether (sulfide) groups is 1. The van der Waals surface area contributed by atoms with E-state index >= 15 is 0 Å². The van der Waals surface area contributed by atoms with Crippen molar-refractivity contribution in [1.82, 2.24) is 9.78 Å². The number of aryl methyl sites for hydroxylation is 1. The van der Waals surface area contributed by atoms with Gasteiger partial charge in [0.25, 0.3) is 0 Å². The Kier molecular flexibility index (Phi) is 1.81. The lowest BCUT2D eigenvalue weighted by Crippen LogP contribution is -1.91. The molecule has 0 amide bonds.